The summed E-state index contributed by atoms with van der Waals surface area (Å²) in [6, 6.07) is 20.1. The minimum Gasteiger partial charge on any atom is -0.368 e. The lowest BCUT2D eigenvalue weighted by Crippen LogP contribution is -2.46. The summed E-state index contributed by atoms with van der Waals surface area (Å²) in [4.78, 5) is 21.2. The average molecular weight is 390 g/mol. The fraction of sp³-hybridized carbons (Fsp3) is 0.217. The van der Waals surface area contributed by atoms with Crippen LogP contribution in [0, 0.1) is 5.82 Å². The van der Waals surface area contributed by atoms with Gasteiger partial charge in [0.05, 0.1) is 6.42 Å². The Morgan fingerprint density at radius 2 is 1.59 bits per heavy atom. The van der Waals surface area contributed by atoms with E-state index in [2.05, 4.69) is 20.1 Å². The van der Waals surface area contributed by atoms with E-state index in [1.165, 1.54) is 6.07 Å². The highest BCUT2D eigenvalue weighted by molar-refractivity contribution is 5.92. The summed E-state index contributed by atoms with van der Waals surface area (Å²) in [5.74, 6) is 0.426. The van der Waals surface area contributed by atoms with Crippen LogP contribution in [-0.4, -0.2) is 37.1 Å². The second-order valence-electron chi connectivity index (χ2n) is 7.03. The van der Waals surface area contributed by atoms with Crippen LogP contribution in [0.3, 0.4) is 0 Å². The molecule has 0 aliphatic carbocycles. The summed E-state index contributed by atoms with van der Waals surface area (Å²) in [6.45, 7) is 3.65. The standard InChI is InChI=1S/C23H23FN4O/c24-21-6-2-1-5-18(21)17-23(29)26-19-8-10-20(11-9-19)27-13-15-28(16-14-27)22-7-3-4-12-25-22/h1-12H,13-17H2,(H,26,29). The lowest BCUT2D eigenvalue weighted by Gasteiger charge is -2.36. The van der Waals surface area contributed by atoms with Gasteiger partial charge in [0.25, 0.3) is 0 Å². The summed E-state index contributed by atoms with van der Waals surface area (Å²) in [6.07, 6.45) is 1.84. The number of carbonyl (C=O) groups excluding carboxylic acids is 1. The number of halogens is 1. The third kappa shape index (κ3) is 4.71. The molecule has 0 atom stereocenters. The highest BCUT2D eigenvalue weighted by Gasteiger charge is 2.18. The Kier molecular flexibility index (Phi) is 5.70. The van der Waals surface area contributed by atoms with E-state index in [1.54, 1.807) is 18.2 Å². The molecule has 2 heterocycles. The SMILES string of the molecule is O=C(Cc1ccccc1F)Nc1ccc(N2CCN(c3ccccn3)CC2)cc1. The van der Waals surface area contributed by atoms with Gasteiger partial charge in [0, 0.05) is 43.8 Å². The van der Waals surface area contributed by atoms with Crippen molar-refractivity contribution in [2.75, 3.05) is 41.3 Å². The van der Waals surface area contributed by atoms with Crippen LogP contribution >= 0.6 is 0 Å². The van der Waals surface area contributed by atoms with Crippen LogP contribution in [0.2, 0.25) is 0 Å². The van der Waals surface area contributed by atoms with Crippen LogP contribution in [0.1, 0.15) is 5.56 Å². The molecule has 2 aromatic carbocycles. The van der Waals surface area contributed by atoms with E-state index >= 15 is 0 Å². The minimum absolute atomic E-state index is 0.0178. The lowest BCUT2D eigenvalue weighted by molar-refractivity contribution is -0.115. The van der Waals surface area contributed by atoms with Crippen LogP contribution in [0.5, 0.6) is 0 Å². The van der Waals surface area contributed by atoms with Crippen molar-refractivity contribution in [3.05, 3.63) is 84.3 Å². The van der Waals surface area contributed by atoms with E-state index in [4.69, 9.17) is 0 Å². The number of hydrogen-bond acceptors (Lipinski definition) is 4. The molecule has 0 spiro atoms. The third-order valence-corrected chi connectivity index (χ3v) is 5.08. The van der Waals surface area contributed by atoms with Gasteiger partial charge < -0.3 is 15.1 Å². The number of piperazine rings is 1. The molecule has 1 aliphatic heterocycles. The molecule has 5 nitrogen and oxygen atoms in total. The maximum atomic E-state index is 13.7. The monoisotopic (exact) mass is 390 g/mol. The zero-order valence-corrected chi connectivity index (χ0v) is 16.1. The van der Waals surface area contributed by atoms with Gasteiger partial charge in [-0.1, -0.05) is 24.3 Å². The molecule has 1 aliphatic rings. The van der Waals surface area contributed by atoms with Gasteiger partial charge in [-0.05, 0) is 48.0 Å². The predicted octanol–water partition coefficient (Wildman–Crippen LogP) is 3.73. The molecule has 1 fully saturated rings. The first-order chi connectivity index (χ1) is 14.2. The number of nitrogens with zero attached hydrogens (tertiary/aromatic N) is 3. The molecule has 29 heavy (non-hydrogen) atoms. The van der Waals surface area contributed by atoms with E-state index in [1.807, 2.05) is 48.7 Å². The van der Waals surface area contributed by atoms with Crippen LogP contribution in [0.4, 0.5) is 21.6 Å². The molecule has 0 radical (unpaired) electrons. The first kappa shape index (κ1) is 18.9. The Morgan fingerprint density at radius 3 is 2.28 bits per heavy atom. The van der Waals surface area contributed by atoms with Crippen LogP contribution in [0.15, 0.2) is 72.9 Å². The molecule has 1 N–H and O–H groups in total. The number of carbonyl (C=O) groups is 1. The van der Waals surface area contributed by atoms with Crippen LogP contribution < -0.4 is 15.1 Å². The van der Waals surface area contributed by atoms with Gasteiger partial charge in [-0.2, -0.15) is 0 Å². The Morgan fingerprint density at radius 1 is 0.897 bits per heavy atom. The first-order valence-corrected chi connectivity index (χ1v) is 9.73. The van der Waals surface area contributed by atoms with Gasteiger partial charge >= 0.3 is 0 Å². The summed E-state index contributed by atoms with van der Waals surface area (Å²) >= 11 is 0. The third-order valence-electron chi connectivity index (χ3n) is 5.08. The topological polar surface area (TPSA) is 48.5 Å². The summed E-state index contributed by atoms with van der Waals surface area (Å²) in [5.41, 5.74) is 2.23. The number of pyridine rings is 1. The Balaban J connectivity index is 1.31. The smallest absolute Gasteiger partial charge is 0.228 e. The van der Waals surface area contributed by atoms with Gasteiger partial charge in [-0.15, -0.1) is 0 Å². The molecular formula is C23H23FN4O. The van der Waals surface area contributed by atoms with Crippen molar-refractivity contribution in [3.63, 3.8) is 0 Å². The minimum atomic E-state index is -0.358. The lowest BCUT2D eigenvalue weighted by atomic mass is 10.1. The van der Waals surface area contributed by atoms with Crippen molar-refractivity contribution in [2.45, 2.75) is 6.42 Å². The van der Waals surface area contributed by atoms with Crippen LogP contribution in [-0.2, 0) is 11.2 Å². The van der Waals surface area contributed by atoms with E-state index in [0.717, 1.165) is 37.7 Å². The van der Waals surface area contributed by atoms with Gasteiger partial charge in [0.1, 0.15) is 11.6 Å². The number of benzene rings is 2. The molecule has 0 unspecified atom stereocenters. The van der Waals surface area contributed by atoms with E-state index < -0.39 is 0 Å². The van der Waals surface area contributed by atoms with Gasteiger partial charge in [0.2, 0.25) is 5.91 Å². The largest absolute Gasteiger partial charge is 0.368 e. The number of amides is 1. The Hall–Kier alpha value is -3.41. The average Bonchev–Trinajstić information content (AvgIpc) is 2.77. The molecule has 148 valence electrons. The van der Waals surface area contributed by atoms with Crippen molar-refractivity contribution in [1.82, 2.24) is 4.98 Å². The maximum Gasteiger partial charge on any atom is 0.228 e. The summed E-state index contributed by atoms with van der Waals surface area (Å²) < 4.78 is 13.7. The van der Waals surface area contributed by atoms with Gasteiger partial charge in [-0.3, -0.25) is 4.79 Å². The van der Waals surface area contributed by atoms with Gasteiger partial charge in [-0.25, -0.2) is 9.37 Å². The van der Waals surface area contributed by atoms with E-state index in [9.17, 15) is 9.18 Å². The molecule has 4 rings (SSSR count). The molecule has 0 bridgehead atoms. The summed E-state index contributed by atoms with van der Waals surface area (Å²) in [5, 5.41) is 2.84. The number of aromatic nitrogens is 1. The fourth-order valence-electron chi connectivity index (χ4n) is 3.51. The zero-order chi connectivity index (χ0) is 20.1. The number of rotatable bonds is 5. The normalized spacial score (nSPS) is 14.0. The van der Waals surface area contributed by atoms with Crippen molar-refractivity contribution < 1.29 is 9.18 Å². The van der Waals surface area contributed by atoms with Crippen LogP contribution in [0.25, 0.3) is 0 Å². The number of nitrogens with one attached hydrogen (secondary N) is 1. The number of hydrogen-bond donors (Lipinski definition) is 1. The van der Waals surface area contributed by atoms with Gasteiger partial charge in [0.15, 0.2) is 0 Å². The second-order valence-corrected chi connectivity index (χ2v) is 7.03. The second kappa shape index (κ2) is 8.73. The highest BCUT2D eigenvalue weighted by atomic mass is 19.1. The Bertz CT molecular complexity index is 954. The quantitative estimate of drug-likeness (QED) is 0.721. The maximum absolute atomic E-state index is 13.7. The van der Waals surface area contributed by atoms with E-state index in [-0.39, 0.29) is 18.1 Å². The fourth-order valence-corrected chi connectivity index (χ4v) is 3.51. The van der Waals surface area contributed by atoms with Crippen molar-refractivity contribution in [3.8, 4) is 0 Å². The molecule has 0 saturated carbocycles. The first-order valence-electron chi connectivity index (χ1n) is 9.73. The molecule has 6 heteroatoms. The molecule has 1 amide bonds. The predicted molar refractivity (Wildman–Crippen MR) is 114 cm³/mol. The number of anilines is 3. The zero-order valence-electron chi connectivity index (χ0n) is 16.1. The molecule has 1 saturated heterocycles. The van der Waals surface area contributed by atoms with Crippen molar-refractivity contribution in [1.29, 1.82) is 0 Å². The highest BCUT2D eigenvalue weighted by Crippen LogP contribution is 2.21. The van der Waals surface area contributed by atoms with Crippen molar-refractivity contribution >= 4 is 23.1 Å². The Labute approximate surface area is 169 Å². The molecular weight excluding hydrogens is 367 g/mol. The van der Waals surface area contributed by atoms with Crippen molar-refractivity contribution in [2.24, 2.45) is 0 Å². The molecule has 1 aromatic heterocycles. The molecule has 3 aromatic rings. The van der Waals surface area contributed by atoms with E-state index in [0.29, 0.717) is 11.3 Å². The summed E-state index contributed by atoms with van der Waals surface area (Å²) in [7, 11) is 0.